The predicted octanol–water partition coefficient (Wildman–Crippen LogP) is 1.59. The summed E-state index contributed by atoms with van der Waals surface area (Å²) >= 11 is 0. The molecule has 0 aliphatic heterocycles. The van der Waals surface area contributed by atoms with Gasteiger partial charge in [0, 0.05) is 0 Å². The smallest absolute Gasteiger partial charge is 0.328 e. The van der Waals surface area contributed by atoms with Gasteiger partial charge < -0.3 is 14.8 Å². The second-order valence-electron chi connectivity index (χ2n) is 4.56. The van der Waals surface area contributed by atoms with E-state index in [0.29, 0.717) is 19.1 Å². The highest BCUT2D eigenvalue weighted by Crippen LogP contribution is 2.12. The number of hydrogen-bond acceptors (Lipinski definition) is 4. The Labute approximate surface area is 98.7 Å². The third-order valence-corrected chi connectivity index (χ3v) is 2.85. The fourth-order valence-corrected chi connectivity index (χ4v) is 1.01. The van der Waals surface area contributed by atoms with E-state index in [2.05, 4.69) is 19.2 Å². The average molecular weight is 231 g/mol. The van der Waals surface area contributed by atoms with E-state index in [4.69, 9.17) is 9.47 Å². The molecule has 0 aliphatic carbocycles. The van der Waals surface area contributed by atoms with E-state index in [0.717, 1.165) is 0 Å². The lowest BCUT2D eigenvalue weighted by molar-refractivity contribution is -0.154. The summed E-state index contributed by atoms with van der Waals surface area (Å²) in [5, 5.41) is 2.96. The van der Waals surface area contributed by atoms with Crippen LogP contribution >= 0.6 is 0 Å². The third-order valence-electron chi connectivity index (χ3n) is 2.85. The minimum absolute atomic E-state index is 0.127. The maximum atomic E-state index is 11.7. The zero-order valence-corrected chi connectivity index (χ0v) is 11.3. The van der Waals surface area contributed by atoms with Crippen LogP contribution in [0.25, 0.3) is 0 Å². The van der Waals surface area contributed by atoms with E-state index in [1.807, 2.05) is 6.92 Å². The van der Waals surface area contributed by atoms with Gasteiger partial charge in [-0.15, -0.1) is 0 Å². The first-order valence-corrected chi connectivity index (χ1v) is 5.85. The summed E-state index contributed by atoms with van der Waals surface area (Å²) in [7, 11) is 1.74. The molecule has 4 nitrogen and oxygen atoms in total. The first-order chi connectivity index (χ1) is 7.37. The number of hydrogen-bond donors (Lipinski definition) is 1. The molecule has 4 heteroatoms. The van der Waals surface area contributed by atoms with Crippen LogP contribution in [0.5, 0.6) is 0 Å². The minimum Gasteiger partial charge on any atom is -0.465 e. The van der Waals surface area contributed by atoms with Gasteiger partial charge in [0.05, 0.1) is 19.3 Å². The van der Waals surface area contributed by atoms with Gasteiger partial charge in [0.15, 0.2) is 0 Å². The summed E-state index contributed by atoms with van der Waals surface area (Å²) in [6.07, 6.45) is 0.127. The summed E-state index contributed by atoms with van der Waals surface area (Å²) in [5.41, 5.74) is -0.765. The van der Waals surface area contributed by atoms with Crippen molar-refractivity contribution in [3.63, 3.8) is 0 Å². The molecule has 0 spiro atoms. The Bertz CT molecular complexity index is 218. The molecule has 0 aliphatic rings. The van der Waals surface area contributed by atoms with E-state index in [-0.39, 0.29) is 12.1 Å². The molecule has 96 valence electrons. The Hall–Kier alpha value is -0.610. The molecule has 0 heterocycles. The number of carbonyl (C=O) groups is 1. The van der Waals surface area contributed by atoms with Crippen LogP contribution in [0.3, 0.4) is 0 Å². The van der Waals surface area contributed by atoms with Crippen molar-refractivity contribution in [2.75, 3.05) is 20.3 Å². The van der Waals surface area contributed by atoms with Crippen molar-refractivity contribution >= 4 is 5.97 Å². The molecule has 0 fully saturated rings. The summed E-state index contributed by atoms with van der Waals surface area (Å²) < 4.78 is 10.7. The summed E-state index contributed by atoms with van der Waals surface area (Å²) in [4.78, 5) is 11.7. The van der Waals surface area contributed by atoms with Gasteiger partial charge in [-0.3, -0.25) is 0 Å². The molecule has 16 heavy (non-hydrogen) atoms. The monoisotopic (exact) mass is 231 g/mol. The van der Waals surface area contributed by atoms with Crippen LogP contribution in [-0.2, 0) is 14.3 Å². The van der Waals surface area contributed by atoms with Crippen LogP contribution < -0.4 is 5.32 Å². The van der Waals surface area contributed by atoms with E-state index < -0.39 is 5.54 Å². The lowest BCUT2D eigenvalue weighted by atomic mass is 10.0. The molecule has 1 N–H and O–H groups in total. The number of nitrogens with one attached hydrogen (secondary N) is 1. The second kappa shape index (κ2) is 6.86. The molecule has 0 rings (SSSR count). The van der Waals surface area contributed by atoms with Crippen LogP contribution in [0.1, 0.15) is 34.6 Å². The van der Waals surface area contributed by atoms with E-state index in [1.54, 1.807) is 20.9 Å². The van der Waals surface area contributed by atoms with Crippen LogP contribution in [0, 0.1) is 5.92 Å². The van der Waals surface area contributed by atoms with Crippen LogP contribution in [0.4, 0.5) is 0 Å². The number of rotatable bonds is 7. The standard InChI is InChI=1S/C12H25NO3/c1-7-15-11(14)12(5,13-6)8-16-10(4)9(2)3/h9-10,13H,7-8H2,1-6H3. The molecule has 2 atom stereocenters. The molecule has 0 radical (unpaired) electrons. The Morgan fingerprint density at radius 1 is 1.38 bits per heavy atom. The van der Waals surface area contributed by atoms with Crippen molar-refractivity contribution in [2.24, 2.45) is 5.92 Å². The van der Waals surface area contributed by atoms with E-state index in [1.165, 1.54) is 0 Å². The first-order valence-electron chi connectivity index (χ1n) is 5.85. The average Bonchev–Trinajstić information content (AvgIpc) is 2.25. The molecule has 0 saturated heterocycles. The van der Waals surface area contributed by atoms with Crippen molar-refractivity contribution in [3.8, 4) is 0 Å². The zero-order valence-electron chi connectivity index (χ0n) is 11.3. The Morgan fingerprint density at radius 2 is 1.94 bits per heavy atom. The summed E-state index contributed by atoms with van der Waals surface area (Å²) in [6.45, 7) is 10.5. The maximum absolute atomic E-state index is 11.7. The molecule has 0 aromatic carbocycles. The van der Waals surface area contributed by atoms with Gasteiger partial charge >= 0.3 is 5.97 Å². The lowest BCUT2D eigenvalue weighted by Gasteiger charge is -2.29. The number of esters is 1. The van der Waals surface area contributed by atoms with Crippen molar-refractivity contribution in [1.29, 1.82) is 0 Å². The van der Waals surface area contributed by atoms with Gasteiger partial charge in [-0.05, 0) is 33.7 Å². The number of likely N-dealkylation sites (N-methyl/N-ethyl adjacent to an activating group) is 1. The van der Waals surface area contributed by atoms with Crippen molar-refractivity contribution in [1.82, 2.24) is 5.32 Å². The molecule has 0 saturated carbocycles. The number of ether oxygens (including phenoxy) is 2. The van der Waals surface area contributed by atoms with E-state index >= 15 is 0 Å². The molecular weight excluding hydrogens is 206 g/mol. The second-order valence-corrected chi connectivity index (χ2v) is 4.56. The molecule has 0 bridgehead atoms. The fraction of sp³-hybridized carbons (Fsp3) is 0.917. The van der Waals surface area contributed by atoms with Crippen molar-refractivity contribution in [3.05, 3.63) is 0 Å². The normalized spacial score (nSPS) is 16.9. The third kappa shape index (κ3) is 4.49. The number of carbonyl (C=O) groups excluding carboxylic acids is 1. The van der Waals surface area contributed by atoms with Crippen LogP contribution in [0.2, 0.25) is 0 Å². The zero-order chi connectivity index (χ0) is 12.8. The Balaban J connectivity index is 4.31. The molecular formula is C12H25NO3. The van der Waals surface area contributed by atoms with Gasteiger partial charge in [0.25, 0.3) is 0 Å². The van der Waals surface area contributed by atoms with Crippen molar-refractivity contribution in [2.45, 2.75) is 46.3 Å². The molecule has 0 aromatic rings. The quantitative estimate of drug-likeness (QED) is 0.676. The van der Waals surface area contributed by atoms with Crippen LogP contribution in [0.15, 0.2) is 0 Å². The van der Waals surface area contributed by atoms with Gasteiger partial charge in [-0.1, -0.05) is 13.8 Å². The maximum Gasteiger partial charge on any atom is 0.328 e. The summed E-state index contributed by atoms with van der Waals surface area (Å²) in [6, 6.07) is 0. The van der Waals surface area contributed by atoms with E-state index in [9.17, 15) is 4.79 Å². The van der Waals surface area contributed by atoms with Crippen molar-refractivity contribution < 1.29 is 14.3 Å². The highest BCUT2D eigenvalue weighted by molar-refractivity contribution is 5.80. The minimum atomic E-state index is -0.765. The lowest BCUT2D eigenvalue weighted by Crippen LogP contribution is -2.53. The SMILES string of the molecule is CCOC(=O)C(C)(COC(C)C(C)C)NC. The first kappa shape index (κ1) is 15.4. The molecule has 2 unspecified atom stereocenters. The predicted molar refractivity (Wildman–Crippen MR) is 64.3 cm³/mol. The van der Waals surface area contributed by atoms with Gasteiger partial charge in [-0.2, -0.15) is 0 Å². The van der Waals surface area contributed by atoms with Gasteiger partial charge in [0.2, 0.25) is 0 Å². The summed E-state index contributed by atoms with van der Waals surface area (Å²) in [5.74, 6) is 0.164. The molecule has 0 amide bonds. The largest absolute Gasteiger partial charge is 0.465 e. The molecule has 0 aromatic heterocycles. The van der Waals surface area contributed by atoms with Crippen LogP contribution in [-0.4, -0.2) is 37.9 Å². The highest BCUT2D eigenvalue weighted by Gasteiger charge is 2.34. The topological polar surface area (TPSA) is 47.6 Å². The van der Waals surface area contributed by atoms with Gasteiger partial charge in [-0.25, -0.2) is 4.79 Å². The Kier molecular flexibility index (Phi) is 6.60. The fourth-order valence-electron chi connectivity index (χ4n) is 1.01. The highest BCUT2D eigenvalue weighted by atomic mass is 16.5. The Morgan fingerprint density at radius 3 is 2.31 bits per heavy atom. The van der Waals surface area contributed by atoms with Gasteiger partial charge in [0.1, 0.15) is 5.54 Å².